The van der Waals surface area contributed by atoms with Crippen LogP contribution in [0.25, 0.3) is 0 Å². The molecule has 0 atom stereocenters. The summed E-state index contributed by atoms with van der Waals surface area (Å²) < 4.78 is 0. The Morgan fingerprint density at radius 2 is 2.00 bits per heavy atom. The largest absolute Gasteiger partial charge is 0.396 e. The molecule has 1 aromatic rings. The first-order valence-corrected chi connectivity index (χ1v) is 6.90. The average molecular weight is 280 g/mol. The zero-order valence-electron chi connectivity index (χ0n) is 10.8. The Kier molecular flexibility index (Phi) is 5.03. The van der Waals surface area contributed by atoms with Crippen LogP contribution in [0, 0.1) is 11.3 Å². The Bertz CT molecular complexity index is 464. The molecule has 0 aromatic heterocycles. The van der Waals surface area contributed by atoms with Crippen LogP contribution in [0.4, 0.5) is 5.69 Å². The predicted octanol–water partition coefficient (Wildman–Crippen LogP) is 1.72. The molecular formula is C14H18ClN3O. The summed E-state index contributed by atoms with van der Waals surface area (Å²) in [6.45, 7) is 5.11. The van der Waals surface area contributed by atoms with Gasteiger partial charge in [-0.05, 0) is 24.6 Å². The predicted molar refractivity (Wildman–Crippen MR) is 76.5 cm³/mol. The minimum Gasteiger partial charge on any atom is -0.396 e. The van der Waals surface area contributed by atoms with E-state index < -0.39 is 0 Å². The SMILES string of the molecule is N#Cc1ccc(N2CCN(CCCO)CC2)cc1Cl. The fourth-order valence-corrected chi connectivity index (χ4v) is 2.53. The Labute approximate surface area is 118 Å². The van der Waals surface area contributed by atoms with E-state index in [0.29, 0.717) is 10.6 Å². The number of hydrogen-bond donors (Lipinski definition) is 1. The second kappa shape index (κ2) is 6.76. The molecule has 102 valence electrons. The average Bonchev–Trinajstić information content (AvgIpc) is 2.45. The van der Waals surface area contributed by atoms with Gasteiger partial charge in [0.05, 0.1) is 10.6 Å². The second-order valence-corrected chi connectivity index (χ2v) is 5.09. The number of aliphatic hydroxyl groups excluding tert-OH is 1. The Morgan fingerprint density at radius 1 is 1.26 bits per heavy atom. The van der Waals surface area contributed by atoms with Crippen molar-refractivity contribution in [2.75, 3.05) is 44.2 Å². The van der Waals surface area contributed by atoms with E-state index in [2.05, 4.69) is 15.9 Å². The van der Waals surface area contributed by atoms with Crippen LogP contribution >= 0.6 is 11.6 Å². The van der Waals surface area contributed by atoms with E-state index in [1.807, 2.05) is 12.1 Å². The molecule has 0 saturated carbocycles. The van der Waals surface area contributed by atoms with Gasteiger partial charge in [0.25, 0.3) is 0 Å². The summed E-state index contributed by atoms with van der Waals surface area (Å²) in [7, 11) is 0. The fraction of sp³-hybridized carbons (Fsp3) is 0.500. The van der Waals surface area contributed by atoms with Gasteiger partial charge in [0.1, 0.15) is 6.07 Å². The van der Waals surface area contributed by atoms with Crippen molar-refractivity contribution in [3.05, 3.63) is 28.8 Å². The number of anilines is 1. The number of benzene rings is 1. The number of nitrogens with zero attached hydrogens (tertiary/aromatic N) is 3. The van der Waals surface area contributed by atoms with E-state index in [9.17, 15) is 0 Å². The third-order valence-corrected chi connectivity index (χ3v) is 3.76. The zero-order valence-corrected chi connectivity index (χ0v) is 11.6. The molecule has 19 heavy (non-hydrogen) atoms. The zero-order chi connectivity index (χ0) is 13.7. The molecule has 1 fully saturated rings. The minimum atomic E-state index is 0.255. The van der Waals surface area contributed by atoms with E-state index in [0.717, 1.165) is 44.8 Å². The van der Waals surface area contributed by atoms with Gasteiger partial charge >= 0.3 is 0 Å². The molecule has 0 spiro atoms. The molecule has 1 aliphatic rings. The van der Waals surface area contributed by atoms with Crippen molar-refractivity contribution in [3.8, 4) is 6.07 Å². The van der Waals surface area contributed by atoms with E-state index >= 15 is 0 Å². The molecule has 1 N–H and O–H groups in total. The van der Waals surface area contributed by atoms with Gasteiger partial charge in [-0.2, -0.15) is 5.26 Å². The molecule has 0 amide bonds. The van der Waals surface area contributed by atoms with Crippen LogP contribution < -0.4 is 4.90 Å². The van der Waals surface area contributed by atoms with Crippen molar-refractivity contribution >= 4 is 17.3 Å². The lowest BCUT2D eigenvalue weighted by Crippen LogP contribution is -2.46. The van der Waals surface area contributed by atoms with Gasteiger partial charge in [0, 0.05) is 45.0 Å². The van der Waals surface area contributed by atoms with E-state index in [4.69, 9.17) is 22.0 Å². The molecule has 1 aromatic carbocycles. The Balaban J connectivity index is 1.94. The quantitative estimate of drug-likeness (QED) is 0.912. The van der Waals surface area contributed by atoms with Crippen LogP contribution in [0.2, 0.25) is 5.02 Å². The van der Waals surface area contributed by atoms with Crippen LogP contribution in [-0.4, -0.2) is 49.3 Å². The summed E-state index contributed by atoms with van der Waals surface area (Å²) in [6, 6.07) is 7.66. The van der Waals surface area contributed by atoms with Crippen LogP contribution in [0.3, 0.4) is 0 Å². The van der Waals surface area contributed by atoms with Gasteiger partial charge in [-0.25, -0.2) is 0 Å². The number of nitriles is 1. The lowest BCUT2D eigenvalue weighted by atomic mass is 10.2. The first kappa shape index (κ1) is 14.1. The van der Waals surface area contributed by atoms with Crippen LogP contribution in [0.1, 0.15) is 12.0 Å². The van der Waals surface area contributed by atoms with Crippen molar-refractivity contribution < 1.29 is 5.11 Å². The molecule has 4 nitrogen and oxygen atoms in total. The number of halogens is 1. The number of piperazine rings is 1. The molecule has 0 aliphatic carbocycles. The fourth-order valence-electron chi connectivity index (χ4n) is 2.32. The first-order valence-electron chi connectivity index (χ1n) is 6.52. The molecule has 1 heterocycles. The first-order chi connectivity index (χ1) is 9.24. The molecule has 5 heteroatoms. The van der Waals surface area contributed by atoms with Gasteiger partial charge in [0.15, 0.2) is 0 Å². The summed E-state index contributed by atoms with van der Waals surface area (Å²) in [4.78, 5) is 4.64. The molecule has 1 saturated heterocycles. The lowest BCUT2D eigenvalue weighted by molar-refractivity contribution is 0.216. The van der Waals surface area contributed by atoms with E-state index in [1.165, 1.54) is 0 Å². The maximum Gasteiger partial charge on any atom is 0.101 e. The second-order valence-electron chi connectivity index (χ2n) is 4.68. The monoisotopic (exact) mass is 279 g/mol. The van der Waals surface area contributed by atoms with Crippen molar-refractivity contribution in [2.45, 2.75) is 6.42 Å². The highest BCUT2D eigenvalue weighted by Crippen LogP contribution is 2.24. The van der Waals surface area contributed by atoms with Gasteiger partial charge < -0.3 is 10.0 Å². The summed E-state index contributed by atoms with van der Waals surface area (Å²) in [6.07, 6.45) is 0.836. The number of aliphatic hydroxyl groups is 1. The van der Waals surface area contributed by atoms with E-state index in [-0.39, 0.29) is 6.61 Å². The van der Waals surface area contributed by atoms with Gasteiger partial charge in [0.2, 0.25) is 0 Å². The highest BCUT2D eigenvalue weighted by atomic mass is 35.5. The summed E-state index contributed by atoms with van der Waals surface area (Å²) in [5, 5.41) is 18.2. The highest BCUT2D eigenvalue weighted by molar-refractivity contribution is 6.32. The van der Waals surface area contributed by atoms with Crippen molar-refractivity contribution in [3.63, 3.8) is 0 Å². The maximum atomic E-state index is 8.86. The molecule has 2 rings (SSSR count). The third kappa shape index (κ3) is 3.60. The summed E-state index contributed by atoms with van der Waals surface area (Å²) >= 11 is 6.06. The van der Waals surface area contributed by atoms with Gasteiger partial charge in [-0.1, -0.05) is 11.6 Å². The van der Waals surface area contributed by atoms with Crippen LogP contribution in [0.15, 0.2) is 18.2 Å². The normalized spacial score (nSPS) is 16.4. The van der Waals surface area contributed by atoms with Crippen LogP contribution in [0.5, 0.6) is 0 Å². The van der Waals surface area contributed by atoms with Gasteiger partial charge in [-0.15, -0.1) is 0 Å². The van der Waals surface area contributed by atoms with Crippen LogP contribution in [-0.2, 0) is 0 Å². The summed E-state index contributed by atoms with van der Waals surface area (Å²) in [5.74, 6) is 0. The molecular weight excluding hydrogens is 262 g/mol. The standard InChI is InChI=1S/C14H18ClN3O/c15-14-10-13(3-2-12(14)11-16)18-7-5-17(6-8-18)4-1-9-19/h2-3,10,19H,1,4-9H2. The topological polar surface area (TPSA) is 50.5 Å². The smallest absolute Gasteiger partial charge is 0.101 e. The molecule has 0 radical (unpaired) electrons. The molecule has 0 bridgehead atoms. The van der Waals surface area contributed by atoms with Crippen molar-refractivity contribution in [2.24, 2.45) is 0 Å². The Morgan fingerprint density at radius 3 is 2.58 bits per heavy atom. The molecule has 1 aliphatic heterocycles. The number of rotatable bonds is 4. The molecule has 0 unspecified atom stereocenters. The minimum absolute atomic E-state index is 0.255. The van der Waals surface area contributed by atoms with Crippen molar-refractivity contribution in [1.29, 1.82) is 5.26 Å². The lowest BCUT2D eigenvalue weighted by Gasteiger charge is -2.36. The van der Waals surface area contributed by atoms with Crippen molar-refractivity contribution in [1.82, 2.24) is 4.90 Å². The third-order valence-electron chi connectivity index (χ3n) is 3.44. The number of hydrogen-bond acceptors (Lipinski definition) is 4. The Hall–Kier alpha value is -1.28. The maximum absolute atomic E-state index is 8.86. The summed E-state index contributed by atoms with van der Waals surface area (Å²) in [5.41, 5.74) is 1.60. The highest BCUT2D eigenvalue weighted by Gasteiger charge is 2.17. The van der Waals surface area contributed by atoms with E-state index in [1.54, 1.807) is 6.07 Å². The van der Waals surface area contributed by atoms with Gasteiger partial charge in [-0.3, -0.25) is 4.90 Å².